The summed E-state index contributed by atoms with van der Waals surface area (Å²) in [6.07, 6.45) is -1.25. The maximum absolute atomic E-state index is 13.6. The van der Waals surface area contributed by atoms with E-state index in [1.165, 1.54) is 0 Å². The maximum atomic E-state index is 13.6. The van der Waals surface area contributed by atoms with Crippen molar-refractivity contribution in [2.45, 2.75) is 44.4 Å². The van der Waals surface area contributed by atoms with Gasteiger partial charge in [-0.3, -0.25) is 0 Å². The number of sulfone groups is 1. The largest absolute Gasteiger partial charge is 0.390 e. The molecule has 0 aliphatic carbocycles. The van der Waals surface area contributed by atoms with Crippen LogP contribution in [0.1, 0.15) is 22.3 Å². The third-order valence-electron chi connectivity index (χ3n) is 5.22. The van der Waals surface area contributed by atoms with Gasteiger partial charge in [0, 0.05) is 6.54 Å². The van der Waals surface area contributed by atoms with Crippen molar-refractivity contribution in [3.63, 3.8) is 0 Å². The Kier molecular flexibility index (Phi) is 5.69. The molecule has 8 heteroatoms. The van der Waals surface area contributed by atoms with E-state index in [-0.39, 0.29) is 17.2 Å². The number of hydrogen-bond donors (Lipinski definition) is 1. The van der Waals surface area contributed by atoms with E-state index in [4.69, 9.17) is 0 Å². The lowest BCUT2D eigenvalue weighted by atomic mass is 10.1. The molecular weight excluding hydrogens is 398 g/mol. The molecule has 1 aliphatic rings. The van der Waals surface area contributed by atoms with Crippen LogP contribution in [0.15, 0.2) is 47.4 Å². The molecule has 1 fully saturated rings. The number of benzene rings is 2. The molecule has 3 rings (SSSR count). The number of aryl methyl sites for hydroxylation is 3. The van der Waals surface area contributed by atoms with Gasteiger partial charge in [-0.05, 0) is 49.1 Å². The van der Waals surface area contributed by atoms with E-state index in [0.29, 0.717) is 5.56 Å². The van der Waals surface area contributed by atoms with Gasteiger partial charge in [0.15, 0.2) is 9.84 Å². The van der Waals surface area contributed by atoms with Crippen LogP contribution in [0.4, 0.5) is 0 Å². The maximum Gasteiger partial charge on any atom is 0.244 e. The molecule has 1 N–H and O–H groups in total. The number of nitrogens with zero attached hydrogens (tertiary/aromatic N) is 1. The molecule has 28 heavy (non-hydrogen) atoms. The highest BCUT2D eigenvalue weighted by Gasteiger charge is 2.45. The van der Waals surface area contributed by atoms with Crippen LogP contribution in [0.3, 0.4) is 0 Å². The Labute approximate surface area is 166 Å². The molecule has 2 aromatic rings. The minimum absolute atomic E-state index is 0.00716. The molecule has 0 unspecified atom stereocenters. The SMILES string of the molecule is Cc1cc(C)c(S(=O)(=O)N(Cc2ccccc2)[C@@H]2CS(=O)(=O)C[C@@H]2O)cc1C. The van der Waals surface area contributed by atoms with Crippen molar-refractivity contribution in [1.29, 1.82) is 0 Å². The van der Waals surface area contributed by atoms with Gasteiger partial charge in [-0.15, -0.1) is 0 Å². The van der Waals surface area contributed by atoms with Crippen molar-refractivity contribution in [1.82, 2.24) is 4.31 Å². The predicted molar refractivity (Wildman–Crippen MR) is 108 cm³/mol. The normalized spacial score (nSPS) is 21.9. The zero-order valence-electron chi connectivity index (χ0n) is 16.2. The third kappa shape index (κ3) is 4.15. The van der Waals surface area contributed by atoms with Gasteiger partial charge in [-0.25, -0.2) is 16.8 Å². The molecule has 0 amide bonds. The highest BCUT2D eigenvalue weighted by molar-refractivity contribution is 7.92. The molecule has 2 atom stereocenters. The second-order valence-corrected chi connectivity index (χ2v) is 11.5. The summed E-state index contributed by atoms with van der Waals surface area (Å²) in [6, 6.07) is 11.4. The fourth-order valence-corrected chi connectivity index (χ4v) is 7.40. The monoisotopic (exact) mass is 423 g/mol. The zero-order valence-corrected chi connectivity index (χ0v) is 17.8. The van der Waals surface area contributed by atoms with E-state index in [0.717, 1.165) is 21.0 Å². The molecule has 1 saturated heterocycles. The Morgan fingerprint density at radius 1 is 1.00 bits per heavy atom. The lowest BCUT2D eigenvalue weighted by Gasteiger charge is -2.30. The molecule has 152 valence electrons. The van der Waals surface area contributed by atoms with Crippen LogP contribution in [0.25, 0.3) is 0 Å². The van der Waals surface area contributed by atoms with Gasteiger partial charge in [-0.2, -0.15) is 4.31 Å². The number of rotatable bonds is 5. The topological polar surface area (TPSA) is 91.8 Å². The molecule has 0 bridgehead atoms. The standard InChI is InChI=1S/C20H25NO5S2/c1-14-9-16(3)20(10-15(14)2)28(25,26)21(11-17-7-5-4-6-8-17)18-12-27(23,24)13-19(18)22/h4-10,18-19,22H,11-13H2,1-3H3/t18-,19+/m1/s1. The summed E-state index contributed by atoms with van der Waals surface area (Å²) in [7, 11) is -7.53. The third-order valence-corrected chi connectivity index (χ3v) is 8.93. The lowest BCUT2D eigenvalue weighted by molar-refractivity contribution is 0.125. The number of aliphatic hydroxyl groups excluding tert-OH is 1. The number of sulfonamides is 1. The first-order chi connectivity index (χ1) is 13.0. The molecule has 2 aromatic carbocycles. The van der Waals surface area contributed by atoms with Crippen LogP contribution in [0.2, 0.25) is 0 Å². The van der Waals surface area contributed by atoms with E-state index in [2.05, 4.69) is 0 Å². The molecule has 0 radical (unpaired) electrons. The Bertz CT molecular complexity index is 1080. The van der Waals surface area contributed by atoms with Crippen LogP contribution in [-0.4, -0.2) is 49.9 Å². The Morgan fingerprint density at radius 3 is 2.18 bits per heavy atom. The van der Waals surface area contributed by atoms with Crippen molar-refractivity contribution < 1.29 is 21.9 Å². The lowest BCUT2D eigenvalue weighted by Crippen LogP contribution is -2.46. The van der Waals surface area contributed by atoms with E-state index in [1.807, 2.05) is 26.0 Å². The van der Waals surface area contributed by atoms with Crippen molar-refractivity contribution in [2.75, 3.05) is 11.5 Å². The molecule has 0 aromatic heterocycles. The summed E-state index contributed by atoms with van der Waals surface area (Å²) in [4.78, 5) is 0.142. The Hall–Kier alpha value is -1.74. The first kappa shape index (κ1) is 21.0. The molecule has 1 heterocycles. The highest BCUT2D eigenvalue weighted by Crippen LogP contribution is 2.30. The van der Waals surface area contributed by atoms with Crippen molar-refractivity contribution >= 4 is 19.9 Å². The van der Waals surface area contributed by atoms with Gasteiger partial charge >= 0.3 is 0 Å². The van der Waals surface area contributed by atoms with E-state index in [9.17, 15) is 21.9 Å². The summed E-state index contributed by atoms with van der Waals surface area (Å²) in [6.45, 7) is 5.46. The van der Waals surface area contributed by atoms with Gasteiger partial charge in [0.05, 0.1) is 28.5 Å². The molecule has 6 nitrogen and oxygen atoms in total. The highest BCUT2D eigenvalue weighted by atomic mass is 32.2. The van der Waals surface area contributed by atoms with Gasteiger partial charge in [-0.1, -0.05) is 36.4 Å². The van der Waals surface area contributed by atoms with Crippen LogP contribution in [0, 0.1) is 20.8 Å². The van der Waals surface area contributed by atoms with Crippen LogP contribution in [-0.2, 0) is 26.4 Å². The fourth-order valence-electron chi connectivity index (χ4n) is 3.57. The van der Waals surface area contributed by atoms with Gasteiger partial charge in [0.1, 0.15) is 0 Å². The Morgan fingerprint density at radius 2 is 1.61 bits per heavy atom. The zero-order chi connectivity index (χ0) is 20.7. The van der Waals surface area contributed by atoms with Gasteiger partial charge in [0.25, 0.3) is 0 Å². The Balaban J connectivity index is 2.11. The smallest absolute Gasteiger partial charge is 0.244 e. The number of aliphatic hydroxyl groups is 1. The van der Waals surface area contributed by atoms with Gasteiger partial charge in [0.2, 0.25) is 10.0 Å². The quantitative estimate of drug-likeness (QED) is 0.794. The molecule has 0 spiro atoms. The predicted octanol–water partition coefficient (Wildman–Crippen LogP) is 1.96. The van der Waals surface area contributed by atoms with Gasteiger partial charge < -0.3 is 5.11 Å². The summed E-state index contributed by atoms with van der Waals surface area (Å²) >= 11 is 0. The van der Waals surface area contributed by atoms with E-state index < -0.39 is 37.8 Å². The van der Waals surface area contributed by atoms with E-state index >= 15 is 0 Å². The van der Waals surface area contributed by atoms with E-state index in [1.54, 1.807) is 37.3 Å². The van der Waals surface area contributed by atoms with Crippen molar-refractivity contribution in [2.24, 2.45) is 0 Å². The molecular formula is C20H25NO5S2. The van der Waals surface area contributed by atoms with Crippen molar-refractivity contribution in [3.8, 4) is 0 Å². The summed E-state index contributed by atoms with van der Waals surface area (Å²) in [5, 5.41) is 10.4. The summed E-state index contributed by atoms with van der Waals surface area (Å²) < 4.78 is 52.4. The minimum atomic E-state index is -4.03. The summed E-state index contributed by atoms with van der Waals surface area (Å²) in [5.41, 5.74) is 3.14. The van der Waals surface area contributed by atoms with Crippen molar-refractivity contribution in [3.05, 3.63) is 64.7 Å². The minimum Gasteiger partial charge on any atom is -0.390 e. The fraction of sp³-hybridized carbons (Fsp3) is 0.400. The average Bonchev–Trinajstić information content (AvgIpc) is 2.88. The van der Waals surface area contributed by atoms with Crippen LogP contribution >= 0.6 is 0 Å². The second-order valence-electron chi connectivity index (χ2n) is 7.45. The molecule has 0 saturated carbocycles. The molecule has 1 aliphatic heterocycles. The average molecular weight is 424 g/mol. The summed E-state index contributed by atoms with van der Waals surface area (Å²) in [5.74, 6) is -0.811. The second kappa shape index (κ2) is 7.59. The van der Waals surface area contributed by atoms with Crippen LogP contribution in [0.5, 0.6) is 0 Å². The first-order valence-electron chi connectivity index (χ1n) is 9.03. The first-order valence-corrected chi connectivity index (χ1v) is 12.3. The number of hydrogen-bond acceptors (Lipinski definition) is 5. The van der Waals surface area contributed by atoms with Crippen LogP contribution < -0.4 is 0 Å².